The third kappa shape index (κ3) is 19.1. The van der Waals surface area contributed by atoms with Crippen molar-refractivity contribution < 1.29 is 34.2 Å². The zero-order valence-corrected chi connectivity index (χ0v) is 27.6. The quantitative estimate of drug-likeness (QED) is 0.0264. The van der Waals surface area contributed by atoms with E-state index in [0.717, 1.165) is 0 Å². The van der Waals surface area contributed by atoms with Crippen molar-refractivity contribution >= 4 is 41.5 Å². The molecule has 0 heterocycles. The maximum atomic E-state index is 13.4. The number of aliphatic hydroxyl groups excluding tert-OH is 1. The van der Waals surface area contributed by atoms with Gasteiger partial charge in [-0.2, -0.15) is 0 Å². The number of rotatable bonds is 24. The lowest BCUT2D eigenvalue weighted by Gasteiger charge is -2.28. The number of nitrogens with one attached hydrogen (secondary N) is 4. The minimum absolute atomic E-state index is 0.0134. The summed E-state index contributed by atoms with van der Waals surface area (Å²) in [4.78, 5) is 72.1. The lowest BCUT2D eigenvalue weighted by molar-refractivity contribution is -0.142. The molecule has 47 heavy (non-hydrogen) atoms. The van der Waals surface area contributed by atoms with Crippen LogP contribution in [0.4, 0.5) is 0 Å². The van der Waals surface area contributed by atoms with Crippen LogP contribution in [0.25, 0.3) is 0 Å². The van der Waals surface area contributed by atoms with E-state index in [1.807, 2.05) is 0 Å². The number of carbonyl (C=O) groups is 5. The first-order chi connectivity index (χ1) is 22.0. The highest BCUT2D eigenvalue weighted by Crippen LogP contribution is 2.09. The number of carboxylic acid groups (broad SMARTS) is 1. The van der Waals surface area contributed by atoms with Gasteiger partial charge in [0.1, 0.15) is 24.2 Å². The van der Waals surface area contributed by atoms with Gasteiger partial charge in [-0.25, -0.2) is 4.79 Å². The Kier molecular flexibility index (Phi) is 21.1. The third-order valence-electron chi connectivity index (χ3n) is 6.85. The molecular formula is C28H56N12O7. The first kappa shape index (κ1) is 42.8. The number of carboxylic acids is 1. The molecule has 0 aromatic heterocycles. The highest BCUT2D eigenvalue weighted by molar-refractivity contribution is 5.95. The molecule has 0 bridgehead atoms. The third-order valence-corrected chi connectivity index (χ3v) is 6.85. The molecule has 0 aliphatic heterocycles. The summed E-state index contributed by atoms with van der Waals surface area (Å²) in [5, 5.41) is 30.0. The fraction of sp³-hybridized carbons (Fsp3) is 0.750. The molecule has 0 spiro atoms. The van der Waals surface area contributed by atoms with Crippen LogP contribution in [0.1, 0.15) is 72.1 Å². The predicted octanol–water partition coefficient (Wildman–Crippen LogP) is -4.00. The molecule has 0 unspecified atom stereocenters. The fourth-order valence-corrected chi connectivity index (χ4v) is 4.35. The summed E-state index contributed by atoms with van der Waals surface area (Å²) in [6.45, 7) is 5.59. The minimum Gasteiger partial charge on any atom is -0.480 e. The van der Waals surface area contributed by atoms with E-state index in [0.29, 0.717) is 25.8 Å². The second-order valence-electron chi connectivity index (χ2n) is 11.7. The number of hydrogen-bond donors (Lipinski definition) is 12. The summed E-state index contributed by atoms with van der Waals surface area (Å²) in [6, 6.07) is -6.13. The van der Waals surface area contributed by atoms with E-state index in [2.05, 4.69) is 31.3 Å². The molecular weight excluding hydrogens is 616 g/mol. The Morgan fingerprint density at radius 2 is 1.15 bits per heavy atom. The average Bonchev–Trinajstić information content (AvgIpc) is 2.97. The van der Waals surface area contributed by atoms with Crippen molar-refractivity contribution in [1.29, 1.82) is 0 Å². The van der Waals surface area contributed by atoms with Crippen LogP contribution in [0.5, 0.6) is 0 Å². The number of nitrogens with two attached hydrogens (primary N) is 6. The van der Waals surface area contributed by atoms with Crippen LogP contribution in [0.15, 0.2) is 9.98 Å². The summed E-state index contributed by atoms with van der Waals surface area (Å²) in [5.74, 6) is -4.78. The monoisotopic (exact) mass is 672 g/mol. The molecule has 0 aliphatic rings. The van der Waals surface area contributed by atoms with Gasteiger partial charge in [0.05, 0.1) is 12.1 Å². The molecule has 270 valence electrons. The van der Waals surface area contributed by atoms with Crippen LogP contribution >= 0.6 is 0 Å². The van der Waals surface area contributed by atoms with Crippen molar-refractivity contribution in [2.45, 2.75) is 108 Å². The van der Waals surface area contributed by atoms with Gasteiger partial charge in [-0.3, -0.25) is 29.2 Å². The molecule has 0 rings (SSSR count). The van der Waals surface area contributed by atoms with Gasteiger partial charge in [0.25, 0.3) is 0 Å². The van der Waals surface area contributed by atoms with E-state index in [1.54, 1.807) is 13.8 Å². The average molecular weight is 673 g/mol. The van der Waals surface area contributed by atoms with Crippen LogP contribution in [0.2, 0.25) is 0 Å². The number of hydrogen-bond acceptors (Lipinski definition) is 10. The van der Waals surface area contributed by atoms with Gasteiger partial charge >= 0.3 is 5.97 Å². The second kappa shape index (κ2) is 23.1. The van der Waals surface area contributed by atoms with E-state index < -0.39 is 65.9 Å². The Hall–Kier alpha value is -4.23. The van der Waals surface area contributed by atoms with Gasteiger partial charge in [-0.15, -0.1) is 0 Å². The molecule has 6 atom stereocenters. The molecule has 0 aliphatic carbocycles. The Bertz CT molecular complexity index is 1060. The van der Waals surface area contributed by atoms with E-state index in [9.17, 15) is 34.2 Å². The maximum Gasteiger partial charge on any atom is 0.326 e. The van der Waals surface area contributed by atoms with Crippen LogP contribution in [-0.2, 0) is 24.0 Å². The number of guanidine groups is 2. The lowest BCUT2D eigenvalue weighted by Crippen LogP contribution is -2.61. The lowest BCUT2D eigenvalue weighted by atomic mass is 10.0. The first-order valence-electron chi connectivity index (χ1n) is 15.7. The van der Waals surface area contributed by atoms with Crippen LogP contribution in [0, 0.1) is 5.92 Å². The maximum absolute atomic E-state index is 13.4. The van der Waals surface area contributed by atoms with E-state index in [4.69, 9.17) is 34.4 Å². The molecule has 0 saturated carbocycles. The first-order valence-corrected chi connectivity index (χ1v) is 15.7. The van der Waals surface area contributed by atoms with Crippen molar-refractivity contribution in [2.75, 3.05) is 19.6 Å². The number of nitrogens with zero attached hydrogens (tertiary/aromatic N) is 2. The van der Waals surface area contributed by atoms with Gasteiger partial charge in [-0.1, -0.05) is 20.3 Å². The van der Waals surface area contributed by atoms with Gasteiger partial charge < -0.3 is 65.9 Å². The molecule has 0 radical (unpaired) electrons. The van der Waals surface area contributed by atoms with Crippen molar-refractivity contribution in [1.82, 2.24) is 21.3 Å². The summed E-state index contributed by atoms with van der Waals surface area (Å²) in [7, 11) is 0. The zero-order valence-electron chi connectivity index (χ0n) is 27.6. The molecule has 0 fully saturated rings. The Balaban J connectivity index is 5.82. The molecule has 0 aromatic carbocycles. The van der Waals surface area contributed by atoms with Crippen molar-refractivity contribution in [3.8, 4) is 0 Å². The fourth-order valence-electron chi connectivity index (χ4n) is 4.35. The molecule has 4 amide bonds. The molecule has 0 aromatic rings. The van der Waals surface area contributed by atoms with Gasteiger partial charge in [0, 0.05) is 13.1 Å². The van der Waals surface area contributed by atoms with E-state index >= 15 is 0 Å². The molecule has 19 nitrogen and oxygen atoms in total. The standard InChI is InChI=1S/C28H56N12O7/c1-15(2)14-20(24(44)38-19(26(46)47)10-7-13-36-28(33)34)39-25(45)21(16(3)41)40-23(43)18(9-6-12-35-27(31)32)37-22(42)17(30)8-4-5-11-29/h15-21,41H,4-14,29-30H2,1-3H3,(H,37,42)(H,38,44)(H,39,45)(H,40,43)(H,46,47)(H4,31,32,35)(H4,33,34,36)/t16-,17+,18+,19+,20+,21+/m1/s1. The van der Waals surface area contributed by atoms with Crippen LogP contribution in [0.3, 0.4) is 0 Å². The normalized spacial score (nSPS) is 14.8. The van der Waals surface area contributed by atoms with Gasteiger partial charge in [-0.05, 0) is 64.3 Å². The SMILES string of the molecule is CC(C)C[C@H](NC(=O)[C@@H](NC(=O)[C@H](CCCN=C(N)N)NC(=O)[C@@H](N)CCCCN)[C@@H](C)O)C(=O)N[C@@H](CCCN=C(N)N)C(=O)O. The minimum atomic E-state index is -1.55. The summed E-state index contributed by atoms with van der Waals surface area (Å²) in [5.41, 5.74) is 32.8. The highest BCUT2D eigenvalue weighted by atomic mass is 16.4. The number of amides is 4. The van der Waals surface area contributed by atoms with Crippen molar-refractivity contribution in [3.05, 3.63) is 0 Å². The van der Waals surface area contributed by atoms with E-state index in [-0.39, 0.29) is 63.0 Å². The molecule has 18 N–H and O–H groups in total. The summed E-state index contributed by atoms with van der Waals surface area (Å²) < 4.78 is 0. The zero-order chi connectivity index (χ0) is 36.1. The number of aliphatic hydroxyl groups is 1. The van der Waals surface area contributed by atoms with Crippen molar-refractivity contribution in [2.24, 2.45) is 50.3 Å². The Morgan fingerprint density at radius 3 is 1.62 bits per heavy atom. The van der Waals surface area contributed by atoms with Crippen LogP contribution in [-0.4, -0.2) is 108 Å². The van der Waals surface area contributed by atoms with Crippen LogP contribution < -0.4 is 55.7 Å². The van der Waals surface area contributed by atoms with Gasteiger partial charge in [0.15, 0.2) is 11.9 Å². The number of aliphatic carboxylic acids is 1. The number of aliphatic imine (C=N–C) groups is 2. The smallest absolute Gasteiger partial charge is 0.326 e. The Labute approximate surface area is 275 Å². The number of unbranched alkanes of at least 4 members (excludes halogenated alkanes) is 1. The van der Waals surface area contributed by atoms with E-state index in [1.165, 1.54) is 6.92 Å². The Morgan fingerprint density at radius 1 is 0.660 bits per heavy atom. The molecule has 0 saturated heterocycles. The number of carbonyl (C=O) groups excluding carboxylic acids is 4. The summed E-state index contributed by atoms with van der Waals surface area (Å²) in [6.07, 6.45) is 0.905. The largest absolute Gasteiger partial charge is 0.480 e. The van der Waals surface area contributed by atoms with Crippen molar-refractivity contribution in [3.63, 3.8) is 0 Å². The highest BCUT2D eigenvalue weighted by Gasteiger charge is 2.34. The topological polar surface area (TPSA) is 355 Å². The van der Waals surface area contributed by atoms with Gasteiger partial charge in [0.2, 0.25) is 23.6 Å². The summed E-state index contributed by atoms with van der Waals surface area (Å²) >= 11 is 0. The second-order valence-corrected chi connectivity index (χ2v) is 11.7. The predicted molar refractivity (Wildman–Crippen MR) is 177 cm³/mol. The molecule has 19 heteroatoms.